The topological polar surface area (TPSA) is 66.7 Å². The van der Waals surface area contributed by atoms with Crippen LogP contribution in [0.1, 0.15) is 34.7 Å². The van der Waals surface area contributed by atoms with Gasteiger partial charge in [-0.3, -0.25) is 9.59 Å². The molecule has 6 nitrogen and oxygen atoms in total. The van der Waals surface area contributed by atoms with Gasteiger partial charge in [0.25, 0.3) is 0 Å². The average Bonchev–Trinajstić information content (AvgIpc) is 3.32. The van der Waals surface area contributed by atoms with Crippen LogP contribution in [0.15, 0.2) is 22.0 Å². The molecule has 0 aliphatic carbocycles. The van der Waals surface area contributed by atoms with E-state index in [2.05, 4.69) is 5.16 Å². The summed E-state index contributed by atoms with van der Waals surface area (Å²) in [7, 11) is 1.77. The van der Waals surface area contributed by atoms with Crippen LogP contribution in [0.4, 0.5) is 0 Å². The summed E-state index contributed by atoms with van der Waals surface area (Å²) in [5.41, 5.74) is 1.74. The lowest BCUT2D eigenvalue weighted by atomic mass is 10.1. The average molecular weight is 361 g/mol. The summed E-state index contributed by atoms with van der Waals surface area (Å²) in [5.74, 6) is 0.746. The fraction of sp³-hybridized carbons (Fsp3) is 0.500. The van der Waals surface area contributed by atoms with Gasteiger partial charge in [-0.2, -0.15) is 0 Å². The van der Waals surface area contributed by atoms with Crippen molar-refractivity contribution >= 4 is 23.2 Å². The van der Waals surface area contributed by atoms with Crippen molar-refractivity contribution in [2.75, 3.05) is 13.6 Å². The van der Waals surface area contributed by atoms with Crippen LogP contribution in [-0.4, -0.2) is 46.4 Å². The Balaban J connectivity index is 1.66. The highest BCUT2D eigenvalue weighted by Gasteiger charge is 2.35. The first kappa shape index (κ1) is 17.7. The maximum Gasteiger partial charge on any atom is 0.245 e. The monoisotopic (exact) mass is 361 g/mol. The van der Waals surface area contributed by atoms with Crippen LogP contribution >= 0.6 is 11.3 Å². The highest BCUT2D eigenvalue weighted by molar-refractivity contribution is 7.10. The molecular weight excluding hydrogens is 338 g/mol. The third-order valence-electron chi connectivity index (χ3n) is 4.72. The zero-order chi connectivity index (χ0) is 18.0. The summed E-state index contributed by atoms with van der Waals surface area (Å²) in [6.45, 7) is 4.82. The van der Waals surface area contributed by atoms with E-state index in [0.29, 0.717) is 19.5 Å². The number of thiophene rings is 1. The predicted octanol–water partition coefficient (Wildman–Crippen LogP) is 2.55. The largest absolute Gasteiger partial charge is 0.361 e. The smallest absolute Gasteiger partial charge is 0.245 e. The Labute approximate surface area is 151 Å². The van der Waals surface area contributed by atoms with E-state index >= 15 is 0 Å². The Morgan fingerprint density at radius 2 is 2.24 bits per heavy atom. The Hall–Kier alpha value is -2.15. The predicted molar refractivity (Wildman–Crippen MR) is 95.2 cm³/mol. The van der Waals surface area contributed by atoms with Gasteiger partial charge in [0.15, 0.2) is 0 Å². The van der Waals surface area contributed by atoms with Crippen LogP contribution in [0.5, 0.6) is 0 Å². The molecule has 0 aromatic carbocycles. The second-order valence-corrected chi connectivity index (χ2v) is 7.53. The molecule has 0 radical (unpaired) electrons. The molecule has 7 heteroatoms. The number of aromatic nitrogens is 1. The molecule has 1 saturated heterocycles. The Morgan fingerprint density at radius 3 is 2.88 bits per heavy atom. The highest BCUT2D eigenvalue weighted by atomic mass is 32.1. The molecule has 2 aromatic rings. The summed E-state index contributed by atoms with van der Waals surface area (Å²) in [6, 6.07) is 3.54. The van der Waals surface area contributed by atoms with Crippen LogP contribution in [0.2, 0.25) is 0 Å². The number of carbonyl (C=O) groups is 2. The van der Waals surface area contributed by atoms with Crippen molar-refractivity contribution in [3.05, 3.63) is 39.4 Å². The molecule has 0 N–H and O–H groups in total. The molecule has 1 unspecified atom stereocenters. The molecule has 0 spiro atoms. The van der Waals surface area contributed by atoms with Gasteiger partial charge < -0.3 is 14.3 Å². The van der Waals surface area contributed by atoms with Crippen LogP contribution in [0.25, 0.3) is 0 Å². The molecule has 134 valence electrons. The van der Waals surface area contributed by atoms with Gasteiger partial charge in [0, 0.05) is 24.0 Å². The number of likely N-dealkylation sites (tertiary alicyclic amines) is 1. The fourth-order valence-electron chi connectivity index (χ4n) is 3.28. The van der Waals surface area contributed by atoms with E-state index in [1.54, 1.807) is 28.2 Å². The van der Waals surface area contributed by atoms with Gasteiger partial charge in [-0.25, -0.2) is 0 Å². The number of hydrogen-bond donors (Lipinski definition) is 0. The second-order valence-electron chi connectivity index (χ2n) is 6.50. The molecular formula is C18H23N3O3S. The lowest BCUT2D eigenvalue weighted by molar-refractivity contribution is -0.143. The molecule has 3 rings (SSSR count). The molecule has 2 amide bonds. The molecule has 0 bridgehead atoms. The quantitative estimate of drug-likeness (QED) is 0.821. The van der Waals surface area contributed by atoms with E-state index < -0.39 is 0 Å². The van der Waals surface area contributed by atoms with Gasteiger partial charge in [0.1, 0.15) is 11.8 Å². The molecule has 2 aromatic heterocycles. The molecule has 1 atom stereocenters. The van der Waals surface area contributed by atoms with Crippen molar-refractivity contribution < 1.29 is 14.1 Å². The fourth-order valence-corrected chi connectivity index (χ4v) is 3.98. The van der Waals surface area contributed by atoms with Gasteiger partial charge >= 0.3 is 0 Å². The van der Waals surface area contributed by atoms with Gasteiger partial charge in [0.05, 0.1) is 18.7 Å². The summed E-state index contributed by atoms with van der Waals surface area (Å²) in [6.07, 6.45) is 1.96. The van der Waals surface area contributed by atoms with E-state index in [4.69, 9.17) is 4.52 Å². The minimum absolute atomic E-state index is 0.0166. The van der Waals surface area contributed by atoms with Crippen molar-refractivity contribution in [3.63, 3.8) is 0 Å². The van der Waals surface area contributed by atoms with Crippen LogP contribution in [0.3, 0.4) is 0 Å². The number of carbonyl (C=O) groups excluding carboxylic acids is 2. The van der Waals surface area contributed by atoms with Crippen LogP contribution in [0, 0.1) is 13.8 Å². The first-order valence-electron chi connectivity index (χ1n) is 8.46. The normalized spacial score (nSPS) is 17.1. The zero-order valence-electron chi connectivity index (χ0n) is 14.8. The third-order valence-corrected chi connectivity index (χ3v) is 5.59. The van der Waals surface area contributed by atoms with E-state index in [9.17, 15) is 9.59 Å². The molecule has 1 aliphatic heterocycles. The number of rotatable bonds is 5. The van der Waals surface area contributed by atoms with Gasteiger partial charge in [-0.1, -0.05) is 11.2 Å². The lowest BCUT2D eigenvalue weighted by Crippen LogP contribution is -2.46. The molecule has 1 aliphatic rings. The van der Waals surface area contributed by atoms with Crippen molar-refractivity contribution in [2.45, 2.75) is 45.7 Å². The Kier molecular flexibility index (Phi) is 5.22. The standard InChI is InChI=1S/C18H23N3O3S/c1-12-15(13(2)24-19-12)11-20(3)18(23)16-7-4-8-21(16)17(22)10-14-6-5-9-25-14/h5-6,9,16H,4,7-8,10-11H2,1-3H3. The van der Waals surface area contributed by atoms with Gasteiger partial charge in [0.2, 0.25) is 11.8 Å². The van der Waals surface area contributed by atoms with Crippen molar-refractivity contribution in [3.8, 4) is 0 Å². The van der Waals surface area contributed by atoms with Crippen molar-refractivity contribution in [1.29, 1.82) is 0 Å². The molecule has 3 heterocycles. The Morgan fingerprint density at radius 1 is 1.44 bits per heavy atom. The van der Waals surface area contributed by atoms with E-state index in [0.717, 1.165) is 34.7 Å². The second kappa shape index (κ2) is 7.39. The highest BCUT2D eigenvalue weighted by Crippen LogP contribution is 2.23. The minimum Gasteiger partial charge on any atom is -0.361 e. The number of aryl methyl sites for hydroxylation is 2. The summed E-state index contributed by atoms with van der Waals surface area (Å²) in [5, 5.41) is 5.90. The maximum atomic E-state index is 12.9. The SMILES string of the molecule is Cc1noc(C)c1CN(C)C(=O)C1CCCN1C(=O)Cc1cccs1. The molecule has 25 heavy (non-hydrogen) atoms. The maximum absolute atomic E-state index is 12.9. The minimum atomic E-state index is -0.363. The number of hydrogen-bond acceptors (Lipinski definition) is 5. The van der Waals surface area contributed by atoms with Crippen LogP contribution < -0.4 is 0 Å². The van der Waals surface area contributed by atoms with Crippen molar-refractivity contribution in [2.24, 2.45) is 0 Å². The number of nitrogens with zero attached hydrogens (tertiary/aromatic N) is 3. The van der Waals surface area contributed by atoms with Gasteiger partial charge in [-0.05, 0) is 38.1 Å². The first-order chi connectivity index (χ1) is 12.0. The lowest BCUT2D eigenvalue weighted by Gasteiger charge is -2.28. The zero-order valence-corrected chi connectivity index (χ0v) is 15.6. The van der Waals surface area contributed by atoms with E-state index in [-0.39, 0.29) is 17.9 Å². The first-order valence-corrected chi connectivity index (χ1v) is 9.34. The molecule has 0 saturated carbocycles. The summed E-state index contributed by atoms with van der Waals surface area (Å²) < 4.78 is 5.17. The molecule has 1 fully saturated rings. The van der Waals surface area contributed by atoms with Crippen LogP contribution in [-0.2, 0) is 22.6 Å². The number of likely N-dealkylation sites (N-methyl/N-ethyl adjacent to an activating group) is 1. The summed E-state index contributed by atoms with van der Waals surface area (Å²) in [4.78, 5) is 30.0. The Bertz CT molecular complexity index is 734. The van der Waals surface area contributed by atoms with Crippen molar-refractivity contribution in [1.82, 2.24) is 15.0 Å². The third kappa shape index (κ3) is 3.76. The van der Waals surface area contributed by atoms with Gasteiger partial charge in [-0.15, -0.1) is 11.3 Å². The number of amides is 2. The van der Waals surface area contributed by atoms with E-state index in [1.807, 2.05) is 31.4 Å². The summed E-state index contributed by atoms with van der Waals surface area (Å²) >= 11 is 1.57. The van der Waals surface area contributed by atoms with E-state index in [1.165, 1.54) is 0 Å².